The number of carbonyl (C=O) groups is 5. The summed E-state index contributed by atoms with van der Waals surface area (Å²) in [6, 6.07) is -4.74. The lowest BCUT2D eigenvalue weighted by Crippen LogP contribution is -2.59. The van der Waals surface area contributed by atoms with Gasteiger partial charge in [0.2, 0.25) is 23.6 Å². The van der Waals surface area contributed by atoms with Crippen LogP contribution >= 0.6 is 12.6 Å². The van der Waals surface area contributed by atoms with Crippen molar-refractivity contribution in [3.05, 3.63) is 0 Å². The Kier molecular flexibility index (Phi) is 13.5. The molecule has 0 bridgehead atoms. The third-order valence-electron chi connectivity index (χ3n) is 4.39. The van der Waals surface area contributed by atoms with Crippen molar-refractivity contribution < 1.29 is 29.1 Å². The van der Waals surface area contributed by atoms with Crippen molar-refractivity contribution in [2.45, 2.75) is 57.3 Å². The van der Waals surface area contributed by atoms with Crippen LogP contribution in [0.4, 0.5) is 0 Å². The van der Waals surface area contributed by atoms with Gasteiger partial charge in [0.1, 0.15) is 18.1 Å². The van der Waals surface area contributed by atoms with E-state index in [9.17, 15) is 24.0 Å². The van der Waals surface area contributed by atoms with Crippen LogP contribution < -0.4 is 38.9 Å². The van der Waals surface area contributed by atoms with Crippen LogP contribution in [0.25, 0.3) is 0 Å². The number of nitrogens with zero attached hydrogens (tertiary/aromatic N) is 1. The Labute approximate surface area is 197 Å². The van der Waals surface area contributed by atoms with Crippen molar-refractivity contribution in [1.29, 1.82) is 0 Å². The van der Waals surface area contributed by atoms with Crippen molar-refractivity contribution in [1.82, 2.24) is 16.0 Å². The zero-order valence-electron chi connectivity index (χ0n) is 18.6. The lowest BCUT2D eigenvalue weighted by atomic mass is 10.0. The number of guanidine groups is 1. The molecule has 0 spiro atoms. The molecule has 0 aromatic rings. The minimum absolute atomic E-state index is 0.0725. The van der Waals surface area contributed by atoms with E-state index >= 15 is 0 Å². The molecule has 4 amide bonds. The minimum atomic E-state index is -1.56. The van der Waals surface area contributed by atoms with Crippen LogP contribution in [0, 0.1) is 5.92 Å². The number of carbonyl (C=O) groups excluding carboxylic acids is 4. The monoisotopic (exact) mass is 490 g/mol. The van der Waals surface area contributed by atoms with Crippen LogP contribution in [0.1, 0.15) is 33.1 Å². The van der Waals surface area contributed by atoms with Crippen LogP contribution in [-0.2, 0) is 24.0 Å². The second-order valence-corrected chi connectivity index (χ2v) is 7.96. The molecule has 0 aliphatic carbocycles. The van der Waals surface area contributed by atoms with E-state index in [-0.39, 0.29) is 24.1 Å². The summed E-state index contributed by atoms with van der Waals surface area (Å²) in [7, 11) is 0. The third-order valence-corrected chi connectivity index (χ3v) is 4.75. The molecule has 0 rings (SSSR count). The summed E-state index contributed by atoms with van der Waals surface area (Å²) in [4.78, 5) is 63.5. The summed E-state index contributed by atoms with van der Waals surface area (Å²) < 4.78 is 0. The standard InChI is InChI=1S/C18H34N8O6S/c1-8(2)13(26-14(28)9(19)4-3-5-23-18(21)22)16(30)25-11(7-33)15(29)24-10(17(31)32)6-12(20)27/h8-11,13,33H,3-7,19H2,1-2H3,(H2,20,27)(H,24,29)(H,25,30)(H,26,28)(H,31,32)(H4,21,22,23). The second kappa shape index (κ2) is 14.9. The van der Waals surface area contributed by atoms with Crippen LogP contribution in [0.5, 0.6) is 0 Å². The van der Waals surface area contributed by atoms with E-state index in [1.807, 2.05) is 0 Å². The Bertz CT molecular complexity index is 743. The molecule has 33 heavy (non-hydrogen) atoms. The molecular formula is C18H34N8O6S. The smallest absolute Gasteiger partial charge is 0.326 e. The molecule has 0 heterocycles. The quantitative estimate of drug-likeness (QED) is 0.0474. The molecule has 0 aliphatic rings. The number of carboxylic acids is 1. The van der Waals surface area contributed by atoms with E-state index in [0.29, 0.717) is 13.0 Å². The molecule has 0 radical (unpaired) electrons. The van der Waals surface area contributed by atoms with E-state index in [4.69, 9.17) is 28.0 Å². The topological polar surface area (TPSA) is 258 Å². The molecule has 4 atom stereocenters. The van der Waals surface area contributed by atoms with Gasteiger partial charge in [-0.15, -0.1) is 0 Å². The third kappa shape index (κ3) is 11.9. The minimum Gasteiger partial charge on any atom is -0.480 e. The number of hydrogen-bond acceptors (Lipinski definition) is 8. The fourth-order valence-corrected chi connectivity index (χ4v) is 2.83. The summed E-state index contributed by atoms with van der Waals surface area (Å²) in [5, 5.41) is 16.2. The molecule has 0 fully saturated rings. The molecule has 0 aliphatic heterocycles. The van der Waals surface area contributed by atoms with Crippen molar-refractivity contribution in [2.24, 2.45) is 33.8 Å². The molecule has 0 aromatic carbocycles. The maximum Gasteiger partial charge on any atom is 0.326 e. The Balaban J connectivity index is 5.08. The van der Waals surface area contributed by atoms with Crippen LogP contribution in [0.2, 0.25) is 0 Å². The van der Waals surface area contributed by atoms with Gasteiger partial charge >= 0.3 is 5.97 Å². The number of rotatable bonds is 15. The number of aliphatic carboxylic acids is 1. The highest BCUT2D eigenvalue weighted by atomic mass is 32.1. The number of thiol groups is 1. The highest BCUT2D eigenvalue weighted by Gasteiger charge is 2.31. The van der Waals surface area contributed by atoms with Crippen molar-refractivity contribution >= 4 is 48.2 Å². The number of nitrogens with one attached hydrogen (secondary N) is 3. The zero-order valence-corrected chi connectivity index (χ0v) is 19.5. The van der Waals surface area contributed by atoms with Crippen LogP contribution in [-0.4, -0.2) is 77.1 Å². The van der Waals surface area contributed by atoms with E-state index < -0.39 is 60.2 Å². The van der Waals surface area contributed by atoms with Gasteiger partial charge in [-0.05, 0) is 18.8 Å². The predicted molar refractivity (Wildman–Crippen MR) is 124 cm³/mol. The lowest BCUT2D eigenvalue weighted by molar-refractivity contribution is -0.143. The van der Waals surface area contributed by atoms with Gasteiger partial charge < -0.3 is 44.0 Å². The van der Waals surface area contributed by atoms with Crippen LogP contribution in [0.3, 0.4) is 0 Å². The normalized spacial score (nSPS) is 14.3. The summed E-state index contributed by atoms with van der Waals surface area (Å²) in [6.07, 6.45) is 0.0934. The lowest BCUT2D eigenvalue weighted by Gasteiger charge is -2.26. The molecule has 14 nitrogen and oxygen atoms in total. The fourth-order valence-electron chi connectivity index (χ4n) is 2.57. The van der Waals surface area contributed by atoms with Crippen LogP contribution in [0.15, 0.2) is 4.99 Å². The Morgan fingerprint density at radius 2 is 1.52 bits per heavy atom. The van der Waals surface area contributed by atoms with E-state index in [2.05, 4.69) is 33.6 Å². The summed E-state index contributed by atoms with van der Waals surface area (Å²) in [5.41, 5.74) is 21.3. The summed E-state index contributed by atoms with van der Waals surface area (Å²) >= 11 is 4.01. The second-order valence-electron chi connectivity index (χ2n) is 7.60. The first kappa shape index (κ1) is 29.9. The average Bonchev–Trinajstić information content (AvgIpc) is 2.71. The SMILES string of the molecule is CC(C)C(NC(=O)C(N)CCCN=C(N)N)C(=O)NC(CS)C(=O)NC(CC(N)=O)C(=O)O. The van der Waals surface area contributed by atoms with Crippen molar-refractivity contribution in [3.8, 4) is 0 Å². The van der Waals surface area contributed by atoms with Gasteiger partial charge in [-0.3, -0.25) is 24.2 Å². The van der Waals surface area contributed by atoms with Crippen molar-refractivity contribution in [2.75, 3.05) is 12.3 Å². The first-order valence-corrected chi connectivity index (χ1v) is 10.8. The molecule has 15 heteroatoms. The van der Waals surface area contributed by atoms with Gasteiger partial charge in [-0.25, -0.2) is 4.79 Å². The van der Waals surface area contributed by atoms with Crippen molar-refractivity contribution in [3.63, 3.8) is 0 Å². The fraction of sp³-hybridized carbons (Fsp3) is 0.667. The zero-order chi connectivity index (χ0) is 25.7. The molecule has 4 unspecified atom stereocenters. The maximum absolute atomic E-state index is 12.7. The molecule has 0 saturated carbocycles. The number of amides is 4. The van der Waals surface area contributed by atoms with E-state index in [1.165, 1.54) is 0 Å². The van der Waals surface area contributed by atoms with Gasteiger partial charge in [0.15, 0.2) is 5.96 Å². The number of carboxylic acid groups (broad SMARTS) is 1. The molecule has 0 aromatic heterocycles. The van der Waals surface area contributed by atoms with Gasteiger partial charge in [-0.2, -0.15) is 12.6 Å². The summed E-state index contributed by atoms with van der Waals surface area (Å²) in [5.74, 6) is -5.15. The Morgan fingerprint density at radius 3 is 1.97 bits per heavy atom. The molecule has 188 valence electrons. The number of hydrogen-bond donors (Lipinski definition) is 9. The Hall–Kier alpha value is -3.07. The largest absolute Gasteiger partial charge is 0.480 e. The number of primary amides is 1. The number of aliphatic imine (C=N–C) groups is 1. The first-order chi connectivity index (χ1) is 15.3. The van der Waals surface area contributed by atoms with Gasteiger partial charge in [-0.1, -0.05) is 13.8 Å². The van der Waals surface area contributed by atoms with Gasteiger partial charge in [0.25, 0.3) is 0 Å². The van der Waals surface area contributed by atoms with E-state index in [0.717, 1.165) is 0 Å². The molecule has 0 saturated heterocycles. The highest BCUT2D eigenvalue weighted by molar-refractivity contribution is 7.80. The Morgan fingerprint density at radius 1 is 0.939 bits per heavy atom. The average molecular weight is 491 g/mol. The summed E-state index contributed by atoms with van der Waals surface area (Å²) in [6.45, 7) is 3.65. The predicted octanol–water partition coefficient (Wildman–Crippen LogP) is -3.63. The van der Waals surface area contributed by atoms with E-state index in [1.54, 1.807) is 13.8 Å². The highest BCUT2D eigenvalue weighted by Crippen LogP contribution is 2.05. The molecular weight excluding hydrogens is 456 g/mol. The maximum atomic E-state index is 12.7. The van der Waals surface area contributed by atoms with Gasteiger partial charge in [0, 0.05) is 12.3 Å². The molecule has 12 N–H and O–H groups in total. The number of nitrogens with two attached hydrogens (primary N) is 4. The first-order valence-electron chi connectivity index (χ1n) is 10.1. The van der Waals surface area contributed by atoms with Gasteiger partial charge in [0.05, 0.1) is 12.5 Å².